The molecule has 0 atom stereocenters. The number of rotatable bonds is 4. The van der Waals surface area contributed by atoms with Crippen LogP contribution < -0.4 is 10.1 Å². The van der Waals surface area contributed by atoms with E-state index < -0.39 is 11.9 Å². The summed E-state index contributed by atoms with van der Waals surface area (Å²) in [6, 6.07) is 7.32. The van der Waals surface area contributed by atoms with E-state index in [9.17, 15) is 14.3 Å². The molecular formula is C14H13FN2O3. The fraction of sp³-hybridized carbons (Fsp3) is 0.143. The zero-order valence-corrected chi connectivity index (χ0v) is 10.8. The SMILES string of the molecule is COc1ccc(NC(=O)c2ccnc(F)c2)cc1CO. The Morgan fingerprint density at radius 1 is 1.40 bits per heavy atom. The van der Waals surface area contributed by atoms with Gasteiger partial charge in [0.25, 0.3) is 5.91 Å². The fourth-order valence-corrected chi connectivity index (χ4v) is 1.73. The molecule has 2 rings (SSSR count). The van der Waals surface area contributed by atoms with Crippen LogP contribution in [-0.2, 0) is 6.61 Å². The highest BCUT2D eigenvalue weighted by Gasteiger charge is 2.09. The molecule has 6 heteroatoms. The van der Waals surface area contributed by atoms with E-state index in [-0.39, 0.29) is 12.2 Å². The fourth-order valence-electron chi connectivity index (χ4n) is 1.73. The molecule has 0 saturated heterocycles. The van der Waals surface area contributed by atoms with Crippen molar-refractivity contribution >= 4 is 11.6 Å². The van der Waals surface area contributed by atoms with Crippen molar-refractivity contribution in [2.45, 2.75) is 6.61 Å². The predicted molar refractivity (Wildman–Crippen MR) is 71.1 cm³/mol. The number of hydrogen-bond donors (Lipinski definition) is 2. The number of nitrogens with one attached hydrogen (secondary N) is 1. The Kier molecular flexibility index (Phi) is 4.27. The van der Waals surface area contributed by atoms with Gasteiger partial charge in [-0.05, 0) is 24.3 Å². The molecule has 0 bridgehead atoms. The van der Waals surface area contributed by atoms with Crippen LogP contribution in [0.1, 0.15) is 15.9 Å². The van der Waals surface area contributed by atoms with Gasteiger partial charge in [0, 0.05) is 29.1 Å². The third kappa shape index (κ3) is 3.10. The van der Waals surface area contributed by atoms with E-state index >= 15 is 0 Å². The second kappa shape index (κ2) is 6.12. The molecule has 0 spiro atoms. The van der Waals surface area contributed by atoms with Crippen LogP contribution in [0.2, 0.25) is 0 Å². The Bertz CT molecular complexity index is 632. The number of benzene rings is 1. The molecule has 0 unspecified atom stereocenters. The van der Waals surface area contributed by atoms with Gasteiger partial charge in [0.05, 0.1) is 13.7 Å². The van der Waals surface area contributed by atoms with Crippen molar-refractivity contribution in [1.29, 1.82) is 0 Å². The Morgan fingerprint density at radius 3 is 2.85 bits per heavy atom. The van der Waals surface area contributed by atoms with E-state index in [2.05, 4.69) is 10.3 Å². The number of anilines is 1. The summed E-state index contributed by atoms with van der Waals surface area (Å²) in [4.78, 5) is 15.3. The Morgan fingerprint density at radius 2 is 2.20 bits per heavy atom. The smallest absolute Gasteiger partial charge is 0.255 e. The number of nitrogens with zero attached hydrogens (tertiary/aromatic N) is 1. The number of methoxy groups -OCH3 is 1. The van der Waals surface area contributed by atoms with E-state index in [4.69, 9.17) is 4.74 Å². The zero-order chi connectivity index (χ0) is 14.5. The van der Waals surface area contributed by atoms with E-state index in [0.29, 0.717) is 17.0 Å². The number of halogens is 1. The molecule has 0 saturated carbocycles. The average molecular weight is 276 g/mol. The molecule has 2 N–H and O–H groups in total. The third-order valence-corrected chi connectivity index (χ3v) is 2.70. The highest BCUT2D eigenvalue weighted by molar-refractivity contribution is 6.04. The van der Waals surface area contributed by atoms with Gasteiger partial charge in [-0.2, -0.15) is 4.39 Å². The minimum absolute atomic E-state index is 0.166. The first-order chi connectivity index (χ1) is 9.63. The van der Waals surface area contributed by atoms with Gasteiger partial charge >= 0.3 is 0 Å². The van der Waals surface area contributed by atoms with Crippen molar-refractivity contribution in [1.82, 2.24) is 4.98 Å². The van der Waals surface area contributed by atoms with Gasteiger partial charge in [-0.3, -0.25) is 4.79 Å². The topological polar surface area (TPSA) is 71.5 Å². The number of carbonyl (C=O) groups is 1. The number of pyridine rings is 1. The number of amides is 1. The summed E-state index contributed by atoms with van der Waals surface area (Å²) in [7, 11) is 1.49. The van der Waals surface area contributed by atoms with Crippen LogP contribution in [0.4, 0.5) is 10.1 Å². The van der Waals surface area contributed by atoms with Gasteiger partial charge in [0.2, 0.25) is 5.95 Å². The minimum atomic E-state index is -0.719. The first-order valence-corrected chi connectivity index (χ1v) is 5.84. The van der Waals surface area contributed by atoms with Gasteiger partial charge in [-0.1, -0.05) is 0 Å². The standard InChI is InChI=1S/C14H13FN2O3/c1-20-12-3-2-11(6-10(12)8-18)17-14(19)9-4-5-16-13(15)7-9/h2-7,18H,8H2,1H3,(H,17,19). The molecule has 20 heavy (non-hydrogen) atoms. The molecule has 1 heterocycles. The molecule has 1 aromatic carbocycles. The molecule has 2 aromatic rings. The zero-order valence-electron chi connectivity index (χ0n) is 10.8. The molecule has 104 valence electrons. The van der Waals surface area contributed by atoms with Crippen molar-refractivity contribution in [3.63, 3.8) is 0 Å². The van der Waals surface area contributed by atoms with E-state index in [0.717, 1.165) is 6.07 Å². The first-order valence-electron chi connectivity index (χ1n) is 5.84. The minimum Gasteiger partial charge on any atom is -0.496 e. The molecule has 1 amide bonds. The van der Waals surface area contributed by atoms with Crippen LogP contribution in [0.5, 0.6) is 5.75 Å². The highest BCUT2D eigenvalue weighted by Crippen LogP contribution is 2.22. The van der Waals surface area contributed by atoms with Crippen LogP contribution in [0, 0.1) is 5.95 Å². The molecular weight excluding hydrogens is 263 g/mol. The van der Waals surface area contributed by atoms with Crippen molar-refractivity contribution in [2.24, 2.45) is 0 Å². The van der Waals surface area contributed by atoms with Crippen molar-refractivity contribution < 1.29 is 19.0 Å². The summed E-state index contributed by atoms with van der Waals surface area (Å²) >= 11 is 0. The maximum atomic E-state index is 12.9. The lowest BCUT2D eigenvalue weighted by Crippen LogP contribution is -2.12. The number of aromatic nitrogens is 1. The normalized spacial score (nSPS) is 10.2. The van der Waals surface area contributed by atoms with Crippen LogP contribution in [0.15, 0.2) is 36.5 Å². The summed E-state index contributed by atoms with van der Waals surface area (Å²) in [5.41, 5.74) is 1.20. The molecule has 0 aliphatic rings. The molecule has 5 nitrogen and oxygen atoms in total. The van der Waals surface area contributed by atoms with Crippen LogP contribution in [-0.4, -0.2) is 23.1 Å². The van der Waals surface area contributed by atoms with Crippen molar-refractivity contribution in [3.8, 4) is 5.75 Å². The summed E-state index contributed by atoms with van der Waals surface area (Å²) in [5, 5.41) is 11.8. The van der Waals surface area contributed by atoms with Crippen molar-refractivity contribution in [2.75, 3.05) is 12.4 Å². The highest BCUT2D eigenvalue weighted by atomic mass is 19.1. The second-order valence-electron chi connectivity index (χ2n) is 4.01. The monoisotopic (exact) mass is 276 g/mol. The average Bonchev–Trinajstić information content (AvgIpc) is 2.47. The quantitative estimate of drug-likeness (QED) is 0.838. The lowest BCUT2D eigenvalue weighted by molar-refractivity contribution is 0.102. The molecule has 0 aliphatic heterocycles. The number of ether oxygens (including phenoxy) is 1. The summed E-state index contributed by atoms with van der Waals surface area (Å²) in [6.45, 7) is -0.212. The van der Waals surface area contributed by atoms with Gasteiger partial charge < -0.3 is 15.2 Å². The predicted octanol–water partition coefficient (Wildman–Crippen LogP) is 1.97. The summed E-state index contributed by atoms with van der Waals surface area (Å²) in [5.74, 6) is -0.649. The summed E-state index contributed by atoms with van der Waals surface area (Å²) in [6.07, 6.45) is 1.22. The summed E-state index contributed by atoms with van der Waals surface area (Å²) < 4.78 is 18.0. The molecule has 0 aliphatic carbocycles. The maximum Gasteiger partial charge on any atom is 0.255 e. The number of hydrogen-bond acceptors (Lipinski definition) is 4. The first kappa shape index (κ1) is 14.0. The lowest BCUT2D eigenvalue weighted by Gasteiger charge is -2.10. The van der Waals surface area contributed by atoms with Gasteiger partial charge in [0.15, 0.2) is 0 Å². The van der Waals surface area contributed by atoms with E-state index in [1.165, 1.54) is 19.4 Å². The van der Waals surface area contributed by atoms with Crippen LogP contribution in [0.25, 0.3) is 0 Å². The molecule has 0 radical (unpaired) electrons. The van der Waals surface area contributed by atoms with Crippen molar-refractivity contribution in [3.05, 3.63) is 53.6 Å². The largest absolute Gasteiger partial charge is 0.496 e. The lowest BCUT2D eigenvalue weighted by atomic mass is 10.1. The molecule has 1 aromatic heterocycles. The van der Waals surface area contributed by atoms with Gasteiger partial charge in [-0.25, -0.2) is 4.98 Å². The number of aliphatic hydroxyl groups is 1. The number of carbonyl (C=O) groups excluding carboxylic acids is 1. The Balaban J connectivity index is 2.19. The van der Waals surface area contributed by atoms with Crippen LogP contribution in [0.3, 0.4) is 0 Å². The number of aliphatic hydroxyl groups excluding tert-OH is 1. The van der Waals surface area contributed by atoms with E-state index in [1.54, 1.807) is 18.2 Å². The molecule has 0 fully saturated rings. The van der Waals surface area contributed by atoms with Gasteiger partial charge in [0.1, 0.15) is 5.75 Å². The second-order valence-corrected chi connectivity index (χ2v) is 4.01. The third-order valence-electron chi connectivity index (χ3n) is 2.70. The Labute approximate surface area is 115 Å². The van der Waals surface area contributed by atoms with Gasteiger partial charge in [-0.15, -0.1) is 0 Å². The maximum absolute atomic E-state index is 12.9. The van der Waals surface area contributed by atoms with E-state index in [1.807, 2.05) is 0 Å². The Hall–Kier alpha value is -2.47. The van der Waals surface area contributed by atoms with Crippen LogP contribution >= 0.6 is 0 Å².